The third kappa shape index (κ3) is 2.57. The zero-order valence-corrected chi connectivity index (χ0v) is 9.90. The fourth-order valence-corrected chi connectivity index (χ4v) is 1.99. The summed E-state index contributed by atoms with van der Waals surface area (Å²) in [6.07, 6.45) is -4.31. The van der Waals surface area contributed by atoms with E-state index >= 15 is 0 Å². The number of rotatable bonds is 1. The molecule has 0 aliphatic heterocycles. The van der Waals surface area contributed by atoms with Crippen LogP contribution in [0.1, 0.15) is 26.7 Å². The third-order valence-electron chi connectivity index (χ3n) is 2.68. The largest absolute Gasteiger partial charge is 0.421 e. The van der Waals surface area contributed by atoms with Crippen molar-refractivity contribution >= 4 is 5.78 Å². The van der Waals surface area contributed by atoms with Crippen molar-refractivity contribution < 1.29 is 18.0 Å². The van der Waals surface area contributed by atoms with E-state index in [4.69, 9.17) is 0 Å². The molecule has 1 rings (SSSR count). The van der Waals surface area contributed by atoms with Crippen molar-refractivity contribution in [3.8, 4) is 0 Å². The quantitative estimate of drug-likeness (QED) is 0.696. The topological polar surface area (TPSA) is 20.3 Å². The number of ketones is 1. The summed E-state index contributed by atoms with van der Waals surface area (Å²) < 4.78 is 38.2. The normalized spacial score (nSPS) is 21.3. The maximum absolute atomic E-state index is 12.7. The maximum Gasteiger partial charge on any atom is 0.421 e. The summed E-state index contributed by atoms with van der Waals surface area (Å²) in [5.74, 6) is -0.799. The molecule has 0 radical (unpaired) electrons. The average Bonchev–Trinajstić information content (AvgIpc) is 1.96. The molecule has 0 amide bonds. The minimum atomic E-state index is -4.55. The van der Waals surface area contributed by atoms with E-state index in [1.165, 1.54) is 19.0 Å². The van der Waals surface area contributed by atoms with Gasteiger partial charge in [-0.3, -0.25) is 4.79 Å². The fraction of sp³-hybridized carbons (Fsp3) is 0.727. The lowest BCUT2D eigenvalue weighted by Crippen LogP contribution is -2.36. The van der Waals surface area contributed by atoms with Gasteiger partial charge in [0.25, 0.3) is 0 Å². The van der Waals surface area contributed by atoms with Crippen molar-refractivity contribution in [2.75, 3.05) is 14.1 Å². The Balaban J connectivity index is 3.29. The molecule has 92 valence electrons. The van der Waals surface area contributed by atoms with Crippen LogP contribution in [-0.4, -0.2) is 31.0 Å². The molecule has 0 aromatic rings. The van der Waals surface area contributed by atoms with Crippen LogP contribution in [0.4, 0.5) is 13.2 Å². The van der Waals surface area contributed by atoms with Crippen LogP contribution in [-0.2, 0) is 4.79 Å². The molecule has 0 aromatic heterocycles. The first-order chi connectivity index (χ1) is 7.04. The third-order valence-corrected chi connectivity index (χ3v) is 2.68. The molecule has 0 unspecified atom stereocenters. The molecule has 0 saturated carbocycles. The lowest BCUT2D eigenvalue weighted by atomic mass is 9.75. The molecule has 1 aliphatic rings. The van der Waals surface area contributed by atoms with Gasteiger partial charge in [-0.2, -0.15) is 13.2 Å². The second kappa shape index (κ2) is 3.79. The zero-order chi connectivity index (χ0) is 12.7. The van der Waals surface area contributed by atoms with Gasteiger partial charge in [-0.05, 0) is 11.8 Å². The molecule has 0 spiro atoms. The number of carbonyl (C=O) groups is 1. The van der Waals surface area contributed by atoms with Crippen LogP contribution in [0.2, 0.25) is 0 Å². The van der Waals surface area contributed by atoms with Crippen LogP contribution in [0.5, 0.6) is 0 Å². The van der Waals surface area contributed by atoms with Crippen LogP contribution < -0.4 is 0 Å². The van der Waals surface area contributed by atoms with Crippen molar-refractivity contribution in [3.05, 3.63) is 11.3 Å². The zero-order valence-electron chi connectivity index (χ0n) is 9.90. The molecule has 16 heavy (non-hydrogen) atoms. The second-order valence-electron chi connectivity index (χ2n) is 5.15. The summed E-state index contributed by atoms with van der Waals surface area (Å²) in [7, 11) is 3.07. The van der Waals surface area contributed by atoms with Gasteiger partial charge in [0.05, 0.1) is 0 Å². The highest BCUT2D eigenvalue weighted by Crippen LogP contribution is 2.42. The molecular formula is C11H16F3NO. The Morgan fingerprint density at radius 2 is 1.69 bits per heavy atom. The number of hydrogen-bond acceptors (Lipinski definition) is 2. The summed E-state index contributed by atoms with van der Waals surface area (Å²) >= 11 is 0. The first kappa shape index (κ1) is 13.1. The predicted octanol–water partition coefficient (Wildman–Crippen LogP) is 2.75. The molecule has 0 atom stereocenters. The highest BCUT2D eigenvalue weighted by atomic mass is 19.4. The fourth-order valence-electron chi connectivity index (χ4n) is 1.99. The van der Waals surface area contributed by atoms with Crippen molar-refractivity contribution in [1.29, 1.82) is 0 Å². The lowest BCUT2D eigenvalue weighted by molar-refractivity contribution is -0.133. The summed E-state index contributed by atoms with van der Waals surface area (Å²) in [5, 5.41) is 0. The minimum absolute atomic E-state index is 0.0425. The number of nitrogens with zero attached hydrogens (tertiary/aromatic N) is 1. The average molecular weight is 235 g/mol. The number of hydrogen-bond donors (Lipinski definition) is 0. The molecule has 0 aromatic carbocycles. The van der Waals surface area contributed by atoms with Gasteiger partial charge >= 0.3 is 6.18 Å². The van der Waals surface area contributed by atoms with E-state index < -0.39 is 22.9 Å². The van der Waals surface area contributed by atoms with Gasteiger partial charge < -0.3 is 4.90 Å². The van der Waals surface area contributed by atoms with Gasteiger partial charge in [-0.1, -0.05) is 13.8 Å². The van der Waals surface area contributed by atoms with E-state index in [9.17, 15) is 18.0 Å². The van der Waals surface area contributed by atoms with E-state index in [1.54, 1.807) is 0 Å². The van der Waals surface area contributed by atoms with Gasteiger partial charge in [-0.25, -0.2) is 0 Å². The van der Waals surface area contributed by atoms with E-state index in [0.29, 0.717) is 0 Å². The summed E-state index contributed by atoms with van der Waals surface area (Å²) in [6.45, 7) is 3.61. The number of halogens is 3. The van der Waals surface area contributed by atoms with Gasteiger partial charge in [0.15, 0.2) is 5.78 Å². The van der Waals surface area contributed by atoms with E-state index in [-0.39, 0.29) is 18.5 Å². The molecule has 0 heterocycles. The number of Topliss-reactive ketones (excluding diaryl/α,β-unsaturated/α-hetero) is 1. The first-order valence-electron chi connectivity index (χ1n) is 5.05. The maximum atomic E-state index is 12.7. The van der Waals surface area contributed by atoms with E-state index in [0.717, 1.165) is 0 Å². The Morgan fingerprint density at radius 3 is 2.06 bits per heavy atom. The van der Waals surface area contributed by atoms with Crippen LogP contribution in [0.25, 0.3) is 0 Å². The van der Waals surface area contributed by atoms with Crippen molar-refractivity contribution in [2.45, 2.75) is 32.9 Å². The second-order valence-corrected chi connectivity index (χ2v) is 5.15. The molecular weight excluding hydrogens is 219 g/mol. The number of allylic oxidation sites excluding steroid dienone is 2. The predicted molar refractivity (Wildman–Crippen MR) is 54.8 cm³/mol. The lowest BCUT2D eigenvalue weighted by Gasteiger charge is -2.35. The minimum Gasteiger partial charge on any atom is -0.380 e. The van der Waals surface area contributed by atoms with Crippen molar-refractivity contribution in [1.82, 2.24) is 4.90 Å². The van der Waals surface area contributed by atoms with Crippen molar-refractivity contribution in [3.63, 3.8) is 0 Å². The molecule has 5 heteroatoms. The van der Waals surface area contributed by atoms with Crippen molar-refractivity contribution in [2.24, 2.45) is 5.41 Å². The van der Waals surface area contributed by atoms with Crippen LogP contribution in [0.15, 0.2) is 11.3 Å². The standard InChI is InChI=1S/C11H16F3NO/c1-10(2)5-7(15(3)4)9(8(16)6-10)11(12,13)14/h5-6H2,1-4H3. The first-order valence-corrected chi connectivity index (χ1v) is 5.05. The van der Waals surface area contributed by atoms with Gasteiger partial charge in [0.2, 0.25) is 0 Å². The molecule has 2 nitrogen and oxygen atoms in total. The van der Waals surface area contributed by atoms with Gasteiger partial charge in [0, 0.05) is 26.2 Å². The Bertz CT molecular complexity index is 340. The van der Waals surface area contributed by atoms with Gasteiger partial charge in [0.1, 0.15) is 5.57 Å². The Kier molecular flexibility index (Phi) is 3.09. The molecule has 0 saturated heterocycles. The number of carbonyl (C=O) groups excluding carboxylic acids is 1. The summed E-state index contributed by atoms with van der Waals surface area (Å²) in [4.78, 5) is 13.0. The molecule has 0 N–H and O–H groups in total. The Labute approximate surface area is 93.1 Å². The SMILES string of the molecule is CN(C)C1=C(C(F)(F)F)C(=O)CC(C)(C)C1. The summed E-state index contributed by atoms with van der Waals surface area (Å²) in [5.41, 5.74) is -1.28. The van der Waals surface area contributed by atoms with Crippen LogP contribution in [0.3, 0.4) is 0 Å². The van der Waals surface area contributed by atoms with Crippen LogP contribution in [0, 0.1) is 5.41 Å². The van der Waals surface area contributed by atoms with E-state index in [1.807, 2.05) is 13.8 Å². The summed E-state index contributed by atoms with van der Waals surface area (Å²) in [6, 6.07) is 0. The Hall–Kier alpha value is -1.00. The molecule has 0 fully saturated rings. The van der Waals surface area contributed by atoms with Gasteiger partial charge in [-0.15, -0.1) is 0 Å². The van der Waals surface area contributed by atoms with Crippen LogP contribution >= 0.6 is 0 Å². The smallest absolute Gasteiger partial charge is 0.380 e. The number of alkyl halides is 3. The van der Waals surface area contributed by atoms with E-state index in [2.05, 4.69) is 0 Å². The molecule has 1 aliphatic carbocycles. The highest BCUT2D eigenvalue weighted by molar-refractivity contribution is 5.98. The molecule has 0 bridgehead atoms. The Morgan fingerprint density at radius 1 is 1.19 bits per heavy atom. The monoisotopic (exact) mass is 235 g/mol. The highest BCUT2D eigenvalue weighted by Gasteiger charge is 2.46.